The summed E-state index contributed by atoms with van der Waals surface area (Å²) in [6.07, 6.45) is 6.44. The summed E-state index contributed by atoms with van der Waals surface area (Å²) in [7, 11) is -1.33. The van der Waals surface area contributed by atoms with E-state index in [0.717, 1.165) is 11.7 Å². The smallest absolute Gasteiger partial charge is 0.350 e. The monoisotopic (exact) mass is 493 g/mol. The van der Waals surface area contributed by atoms with Crippen LogP contribution in [0.25, 0.3) is 0 Å². The van der Waals surface area contributed by atoms with E-state index >= 15 is 0 Å². The molecule has 0 aliphatic carbocycles. The van der Waals surface area contributed by atoms with Gasteiger partial charge in [0.15, 0.2) is 0 Å². The molecule has 2 aromatic rings. The zero-order valence-electron chi connectivity index (χ0n) is 16.6. The molecule has 3 rings (SSSR count). The van der Waals surface area contributed by atoms with Crippen molar-refractivity contribution in [2.45, 2.75) is 32.9 Å². The maximum atomic E-state index is 12.9. The Hall–Kier alpha value is -0.606. The topological polar surface area (TPSA) is 55.4 Å². The number of ether oxygens (including phenoxy) is 1. The van der Waals surface area contributed by atoms with Crippen LogP contribution in [0, 0.1) is 6.92 Å². The summed E-state index contributed by atoms with van der Waals surface area (Å²) in [4.78, 5) is 25.6. The van der Waals surface area contributed by atoms with E-state index in [1.54, 1.807) is 6.92 Å². The van der Waals surface area contributed by atoms with Crippen molar-refractivity contribution in [3.63, 3.8) is 0 Å². The fourth-order valence-corrected chi connectivity index (χ4v) is 9.11. The molecule has 1 radical (unpaired) electrons. The van der Waals surface area contributed by atoms with E-state index < -0.39 is 7.26 Å². The van der Waals surface area contributed by atoms with Crippen LogP contribution < -0.4 is 5.32 Å². The van der Waals surface area contributed by atoms with Crippen LogP contribution in [-0.2, 0) is 48.4 Å². The quantitative estimate of drug-likeness (QED) is 0.427. The first-order valence-electron chi connectivity index (χ1n) is 9.47. The second-order valence-electron chi connectivity index (χ2n) is 7.19. The molecule has 1 fully saturated rings. The van der Waals surface area contributed by atoms with Crippen molar-refractivity contribution < 1.29 is 47.0 Å². The molecular weight excluding hydrogens is 466 g/mol. The number of thiophene rings is 1. The maximum Gasteiger partial charge on any atom is 0.350 e. The summed E-state index contributed by atoms with van der Waals surface area (Å²) < 4.78 is 5.12. The molecule has 1 aliphatic rings. The molecule has 4 nitrogen and oxygen atoms in total. The van der Waals surface area contributed by atoms with Crippen LogP contribution in [0.2, 0.25) is 0 Å². The third kappa shape index (κ3) is 5.95. The van der Waals surface area contributed by atoms with Crippen molar-refractivity contribution in [2.75, 3.05) is 30.4 Å². The molecule has 1 aromatic carbocycles. The summed E-state index contributed by atoms with van der Waals surface area (Å²) in [5.74, 6) is -0.325. The van der Waals surface area contributed by atoms with Crippen LogP contribution in [0.1, 0.15) is 40.6 Å². The Morgan fingerprint density at radius 3 is 2.50 bits per heavy atom. The van der Waals surface area contributed by atoms with Gasteiger partial charge in [-0.25, -0.2) is 4.79 Å². The number of nitrogens with one attached hydrogen (secondary N) is 1. The normalized spacial score (nSPS) is 14.9. The van der Waals surface area contributed by atoms with Gasteiger partial charge in [0.2, 0.25) is 0 Å². The molecule has 0 atom stereocenters. The Balaban J connectivity index is 0.00000280. The van der Waals surface area contributed by atoms with Gasteiger partial charge in [0, 0.05) is 40.0 Å². The minimum absolute atomic E-state index is 0. The van der Waals surface area contributed by atoms with Gasteiger partial charge in [0.25, 0.3) is 5.91 Å². The Labute approximate surface area is 197 Å². The summed E-state index contributed by atoms with van der Waals surface area (Å²) in [6.45, 7) is 4.03. The third-order valence-electron chi connectivity index (χ3n) is 5.05. The summed E-state index contributed by atoms with van der Waals surface area (Å²) >= 11 is 1.33. The van der Waals surface area contributed by atoms with E-state index in [9.17, 15) is 9.59 Å². The van der Waals surface area contributed by atoms with E-state index in [1.807, 2.05) is 18.4 Å². The van der Waals surface area contributed by atoms with Gasteiger partial charge in [-0.15, -0.1) is 11.3 Å². The Morgan fingerprint density at radius 2 is 1.86 bits per heavy atom. The zero-order chi connectivity index (χ0) is 19.3. The molecule has 1 aromatic heterocycles. The van der Waals surface area contributed by atoms with Gasteiger partial charge < -0.3 is 10.1 Å². The fourth-order valence-electron chi connectivity index (χ4n) is 3.78. The summed E-state index contributed by atoms with van der Waals surface area (Å²) in [5.41, 5.74) is 2.87. The number of rotatable bonds is 7. The molecule has 2 heterocycles. The van der Waals surface area contributed by atoms with E-state index in [1.165, 1.54) is 42.1 Å². The van der Waals surface area contributed by atoms with Crippen LogP contribution in [0.15, 0.2) is 35.7 Å². The SMILES string of the molecule is CCOC(=O)c1scc(C)c1NC(=O)C[P+]1(Cc2ccccc2)CCCC1.[Y]. The average molecular weight is 493 g/mol. The first kappa shape index (κ1) is 23.7. The van der Waals surface area contributed by atoms with Crippen molar-refractivity contribution in [3.8, 4) is 0 Å². The van der Waals surface area contributed by atoms with Gasteiger partial charge in [0.1, 0.15) is 11.0 Å². The van der Waals surface area contributed by atoms with Crippen molar-refractivity contribution >= 4 is 36.2 Å². The Morgan fingerprint density at radius 1 is 1.18 bits per heavy atom. The van der Waals surface area contributed by atoms with E-state index in [2.05, 4.69) is 29.6 Å². The van der Waals surface area contributed by atoms with Crippen LogP contribution in [0.5, 0.6) is 0 Å². The van der Waals surface area contributed by atoms with Crippen LogP contribution in [0.3, 0.4) is 0 Å². The number of amides is 1. The van der Waals surface area contributed by atoms with Crippen LogP contribution >= 0.6 is 18.6 Å². The van der Waals surface area contributed by atoms with Crippen LogP contribution in [-0.4, -0.2) is 37.0 Å². The number of carbonyl (C=O) groups is 2. The summed E-state index contributed by atoms with van der Waals surface area (Å²) in [6, 6.07) is 10.5. The molecule has 1 amide bonds. The molecule has 7 heteroatoms. The molecule has 0 saturated carbocycles. The maximum absolute atomic E-state index is 12.9. The molecule has 1 N–H and O–H groups in total. The molecule has 1 aliphatic heterocycles. The van der Waals surface area contributed by atoms with Gasteiger partial charge in [-0.05, 0) is 43.2 Å². The summed E-state index contributed by atoms with van der Waals surface area (Å²) in [5, 5.41) is 4.93. The van der Waals surface area contributed by atoms with Gasteiger partial charge in [0.05, 0.1) is 30.8 Å². The molecule has 147 valence electrons. The van der Waals surface area contributed by atoms with E-state index in [0.29, 0.717) is 23.3 Å². The standard InChI is InChI=1S/C21H26NO3PS.Y/c1-3-25-21(24)20-19(16(2)15-27-20)22-18(23)14-26(11-7-8-12-26)13-17-9-5-4-6-10-17;/h4-6,9-10,15H,3,7-8,11-14H2,1-2H3;/p+1. The van der Waals surface area contributed by atoms with Gasteiger partial charge in [-0.3, -0.25) is 4.79 Å². The van der Waals surface area contributed by atoms with Crippen molar-refractivity contribution in [2.24, 2.45) is 0 Å². The van der Waals surface area contributed by atoms with Crippen molar-refractivity contribution in [3.05, 3.63) is 51.7 Å². The molecule has 1 saturated heterocycles. The van der Waals surface area contributed by atoms with Crippen LogP contribution in [0.4, 0.5) is 5.69 Å². The number of hydrogen-bond acceptors (Lipinski definition) is 4. The first-order chi connectivity index (χ1) is 13.0. The van der Waals surface area contributed by atoms with Crippen molar-refractivity contribution in [1.82, 2.24) is 0 Å². The molecular formula is C21H27NO3PSY+. The molecule has 0 bridgehead atoms. The van der Waals surface area contributed by atoms with Gasteiger partial charge >= 0.3 is 5.97 Å². The first-order valence-corrected chi connectivity index (χ1v) is 12.9. The average Bonchev–Trinajstić information content (AvgIpc) is 3.23. The van der Waals surface area contributed by atoms with Crippen molar-refractivity contribution in [1.29, 1.82) is 0 Å². The fraction of sp³-hybridized carbons (Fsp3) is 0.429. The Kier molecular flexibility index (Phi) is 9.27. The predicted molar refractivity (Wildman–Crippen MR) is 115 cm³/mol. The van der Waals surface area contributed by atoms with Gasteiger partial charge in [-0.1, -0.05) is 30.3 Å². The number of anilines is 1. The number of esters is 1. The van der Waals surface area contributed by atoms with E-state index in [-0.39, 0.29) is 44.6 Å². The number of carbonyl (C=O) groups excluding carboxylic acids is 2. The second kappa shape index (κ2) is 11.0. The number of benzene rings is 1. The number of aryl methyl sites for hydroxylation is 1. The largest absolute Gasteiger partial charge is 0.462 e. The minimum atomic E-state index is -1.33. The molecule has 28 heavy (non-hydrogen) atoms. The predicted octanol–water partition coefficient (Wildman–Crippen LogP) is 5.18. The molecule has 0 spiro atoms. The zero-order valence-corrected chi connectivity index (χ0v) is 21.1. The van der Waals surface area contributed by atoms with E-state index in [4.69, 9.17) is 4.74 Å². The third-order valence-corrected chi connectivity index (χ3v) is 10.7. The van der Waals surface area contributed by atoms with Gasteiger partial charge in [-0.2, -0.15) is 0 Å². The minimum Gasteiger partial charge on any atom is -0.462 e. The Bertz CT molecular complexity index is 803. The number of hydrogen-bond donors (Lipinski definition) is 1. The second-order valence-corrected chi connectivity index (χ2v) is 12.3. The molecule has 0 unspecified atom stereocenters.